The van der Waals surface area contributed by atoms with Crippen molar-refractivity contribution in [1.29, 1.82) is 0 Å². The smallest absolute Gasteiger partial charge is 0.233 e. The second kappa shape index (κ2) is 9.69. The number of anilines is 1. The molecule has 2 aromatic rings. The van der Waals surface area contributed by atoms with E-state index in [2.05, 4.69) is 27.2 Å². The number of likely N-dealkylation sites (tertiary alicyclic amines) is 1. The van der Waals surface area contributed by atoms with Crippen molar-refractivity contribution in [2.45, 2.75) is 24.9 Å². The Labute approximate surface area is 185 Å². The first-order valence-electron chi connectivity index (χ1n) is 10.6. The lowest BCUT2D eigenvalue weighted by molar-refractivity contribution is -0.132. The van der Waals surface area contributed by atoms with Crippen LogP contribution in [-0.2, 0) is 14.3 Å². The Hall–Kier alpha value is -2.59. The van der Waals surface area contributed by atoms with Crippen molar-refractivity contribution < 1.29 is 14.3 Å². The number of amides is 2. The maximum Gasteiger partial charge on any atom is 0.233 e. The third-order valence-electron chi connectivity index (χ3n) is 5.70. The third-order valence-corrected chi connectivity index (χ3v) is 6.62. The number of nitrogens with two attached hydrogens (primary N) is 1. The van der Waals surface area contributed by atoms with Crippen LogP contribution in [0.3, 0.4) is 0 Å². The van der Waals surface area contributed by atoms with E-state index < -0.39 is 0 Å². The van der Waals surface area contributed by atoms with E-state index in [-0.39, 0.29) is 23.5 Å². The molecule has 1 unspecified atom stereocenters. The van der Waals surface area contributed by atoms with Crippen molar-refractivity contribution in [2.75, 3.05) is 50.0 Å². The molecule has 4 rings (SSSR count). The first-order valence-corrected chi connectivity index (χ1v) is 11.6. The van der Waals surface area contributed by atoms with E-state index in [0.717, 1.165) is 37.6 Å². The summed E-state index contributed by atoms with van der Waals surface area (Å²) >= 11 is 1.37. The van der Waals surface area contributed by atoms with Gasteiger partial charge in [-0.25, -0.2) is 0 Å². The number of hydrogen-bond acceptors (Lipinski definition) is 7. The fourth-order valence-corrected chi connectivity index (χ4v) is 4.75. The molecule has 9 nitrogen and oxygen atoms in total. The van der Waals surface area contributed by atoms with Gasteiger partial charge in [0.15, 0.2) is 5.16 Å². The van der Waals surface area contributed by atoms with Crippen molar-refractivity contribution in [3.05, 3.63) is 29.8 Å². The van der Waals surface area contributed by atoms with Gasteiger partial charge in [-0.05, 0) is 31.9 Å². The van der Waals surface area contributed by atoms with Gasteiger partial charge in [0.25, 0.3) is 0 Å². The standard InChI is InChI=1S/C21H28N6O3S/c1-15-4-6-17(7-5-15)27-20(25-9-11-30-12-10-25)23-24-21(27)31-14-18(28)26-8-2-3-16(13-26)19(22)29/h4-7,16H,2-3,8-14H2,1H3,(H2,22,29). The maximum absolute atomic E-state index is 12.8. The van der Waals surface area contributed by atoms with E-state index in [1.54, 1.807) is 4.90 Å². The van der Waals surface area contributed by atoms with Crippen LogP contribution >= 0.6 is 11.8 Å². The molecule has 10 heteroatoms. The van der Waals surface area contributed by atoms with Gasteiger partial charge in [0.05, 0.1) is 30.6 Å². The summed E-state index contributed by atoms with van der Waals surface area (Å²) in [6.45, 7) is 5.90. The van der Waals surface area contributed by atoms with Gasteiger partial charge < -0.3 is 20.3 Å². The largest absolute Gasteiger partial charge is 0.378 e. The summed E-state index contributed by atoms with van der Waals surface area (Å²) in [5.41, 5.74) is 7.57. The molecule has 2 aliphatic heterocycles. The number of carbonyl (C=O) groups excluding carboxylic acids is 2. The molecule has 1 aromatic carbocycles. The molecule has 1 atom stereocenters. The highest BCUT2D eigenvalue weighted by molar-refractivity contribution is 7.99. The van der Waals surface area contributed by atoms with Crippen molar-refractivity contribution in [3.63, 3.8) is 0 Å². The number of rotatable bonds is 6. The number of aromatic nitrogens is 3. The summed E-state index contributed by atoms with van der Waals surface area (Å²) < 4.78 is 7.48. The summed E-state index contributed by atoms with van der Waals surface area (Å²) in [4.78, 5) is 28.2. The predicted molar refractivity (Wildman–Crippen MR) is 118 cm³/mol. The van der Waals surface area contributed by atoms with Gasteiger partial charge in [-0.2, -0.15) is 0 Å². The molecule has 0 radical (unpaired) electrons. The van der Waals surface area contributed by atoms with E-state index in [4.69, 9.17) is 10.5 Å². The fourth-order valence-electron chi connectivity index (χ4n) is 3.90. The van der Waals surface area contributed by atoms with Crippen LogP contribution in [0.1, 0.15) is 18.4 Å². The first-order chi connectivity index (χ1) is 15.0. The van der Waals surface area contributed by atoms with Gasteiger partial charge in [-0.1, -0.05) is 29.5 Å². The van der Waals surface area contributed by atoms with Gasteiger partial charge in [-0.15, -0.1) is 10.2 Å². The minimum Gasteiger partial charge on any atom is -0.378 e. The molecule has 2 N–H and O–H groups in total. The lowest BCUT2D eigenvalue weighted by Gasteiger charge is -2.31. The van der Waals surface area contributed by atoms with E-state index in [9.17, 15) is 9.59 Å². The molecule has 0 bridgehead atoms. The summed E-state index contributed by atoms with van der Waals surface area (Å²) in [6.07, 6.45) is 1.54. The van der Waals surface area contributed by atoms with Crippen LogP contribution in [0.25, 0.3) is 5.69 Å². The molecule has 3 heterocycles. The fraction of sp³-hybridized carbons (Fsp3) is 0.524. The molecule has 31 heavy (non-hydrogen) atoms. The molecule has 2 aliphatic rings. The Morgan fingerprint density at radius 1 is 1.16 bits per heavy atom. The van der Waals surface area contributed by atoms with Crippen LogP contribution in [0.15, 0.2) is 29.4 Å². The Morgan fingerprint density at radius 2 is 1.90 bits per heavy atom. The molecule has 0 aliphatic carbocycles. The van der Waals surface area contributed by atoms with Crippen LogP contribution < -0.4 is 10.6 Å². The highest BCUT2D eigenvalue weighted by Gasteiger charge is 2.28. The maximum atomic E-state index is 12.8. The summed E-state index contributed by atoms with van der Waals surface area (Å²) in [7, 11) is 0. The lowest BCUT2D eigenvalue weighted by atomic mass is 9.97. The first kappa shape index (κ1) is 21.6. The number of piperidine rings is 1. The Bertz CT molecular complexity index is 926. The van der Waals surface area contributed by atoms with Crippen LogP contribution in [0.5, 0.6) is 0 Å². The van der Waals surface area contributed by atoms with E-state index in [1.807, 2.05) is 23.6 Å². The Kier molecular flexibility index (Phi) is 6.77. The Morgan fingerprint density at radius 3 is 2.61 bits per heavy atom. The van der Waals surface area contributed by atoms with E-state index >= 15 is 0 Å². The summed E-state index contributed by atoms with van der Waals surface area (Å²) in [5.74, 6) is 0.390. The van der Waals surface area contributed by atoms with E-state index in [1.165, 1.54) is 17.3 Å². The Balaban J connectivity index is 1.52. The van der Waals surface area contributed by atoms with E-state index in [0.29, 0.717) is 31.5 Å². The van der Waals surface area contributed by atoms with Crippen molar-refractivity contribution in [1.82, 2.24) is 19.7 Å². The number of hydrogen-bond donors (Lipinski definition) is 1. The molecule has 166 valence electrons. The van der Waals surface area contributed by atoms with Gasteiger partial charge in [0.1, 0.15) is 0 Å². The van der Waals surface area contributed by atoms with Crippen molar-refractivity contribution >= 4 is 29.5 Å². The molecular formula is C21H28N6O3S. The number of benzene rings is 1. The topological polar surface area (TPSA) is 107 Å². The predicted octanol–water partition coefficient (Wildman–Crippen LogP) is 1.23. The minimum absolute atomic E-state index is 0.0117. The van der Waals surface area contributed by atoms with Crippen molar-refractivity contribution in [3.8, 4) is 5.69 Å². The molecule has 2 amide bonds. The quantitative estimate of drug-likeness (QED) is 0.668. The monoisotopic (exact) mass is 444 g/mol. The number of aryl methyl sites for hydroxylation is 1. The van der Waals surface area contributed by atoms with Crippen molar-refractivity contribution in [2.24, 2.45) is 11.7 Å². The number of thioether (sulfide) groups is 1. The summed E-state index contributed by atoms with van der Waals surface area (Å²) in [5, 5.41) is 9.51. The second-order valence-electron chi connectivity index (χ2n) is 7.92. The highest BCUT2D eigenvalue weighted by atomic mass is 32.2. The highest BCUT2D eigenvalue weighted by Crippen LogP contribution is 2.28. The second-order valence-corrected chi connectivity index (χ2v) is 8.87. The number of ether oxygens (including phenoxy) is 1. The minimum atomic E-state index is -0.334. The van der Waals surface area contributed by atoms with Crippen LogP contribution in [0, 0.1) is 12.8 Å². The summed E-state index contributed by atoms with van der Waals surface area (Å²) in [6, 6.07) is 8.18. The normalized spacial score (nSPS) is 19.5. The number of morpholine rings is 1. The number of carbonyl (C=O) groups is 2. The van der Waals surface area contributed by atoms with Crippen LogP contribution in [-0.4, -0.2) is 76.6 Å². The van der Waals surface area contributed by atoms with Gasteiger partial charge >= 0.3 is 0 Å². The molecular weight excluding hydrogens is 416 g/mol. The zero-order valence-electron chi connectivity index (χ0n) is 17.7. The lowest BCUT2D eigenvalue weighted by Crippen LogP contribution is -2.44. The molecule has 1 aromatic heterocycles. The average Bonchev–Trinajstić information content (AvgIpc) is 3.22. The zero-order valence-corrected chi connectivity index (χ0v) is 18.5. The van der Waals surface area contributed by atoms with Gasteiger partial charge in [0, 0.05) is 26.2 Å². The zero-order chi connectivity index (χ0) is 21.8. The molecule has 0 saturated carbocycles. The molecule has 0 spiro atoms. The third kappa shape index (κ3) is 5.01. The molecule has 2 saturated heterocycles. The number of primary amides is 1. The molecule has 2 fully saturated rings. The van der Waals surface area contributed by atoms with Crippen LogP contribution in [0.4, 0.5) is 5.95 Å². The average molecular weight is 445 g/mol. The number of nitrogens with zero attached hydrogens (tertiary/aromatic N) is 5. The SMILES string of the molecule is Cc1ccc(-n2c(SCC(=O)N3CCCC(C(N)=O)C3)nnc2N2CCOCC2)cc1. The van der Waals surface area contributed by atoms with Crippen LogP contribution in [0.2, 0.25) is 0 Å². The van der Waals surface area contributed by atoms with Gasteiger partial charge in [-0.3, -0.25) is 14.2 Å². The van der Waals surface area contributed by atoms with Gasteiger partial charge in [0.2, 0.25) is 17.8 Å².